The maximum atomic E-state index is 12.9. The summed E-state index contributed by atoms with van der Waals surface area (Å²) in [4.78, 5) is 27.6. The normalized spacial score (nSPS) is 15.5. The van der Waals surface area contributed by atoms with Gasteiger partial charge >= 0.3 is 0 Å². The van der Waals surface area contributed by atoms with Crippen LogP contribution in [0.3, 0.4) is 0 Å². The lowest BCUT2D eigenvalue weighted by atomic mass is 10.0. The van der Waals surface area contributed by atoms with Gasteiger partial charge in [0.25, 0.3) is 5.91 Å². The predicted octanol–water partition coefficient (Wildman–Crippen LogP) is 1.71. The van der Waals surface area contributed by atoms with E-state index in [2.05, 4.69) is 5.32 Å². The van der Waals surface area contributed by atoms with Crippen LogP contribution in [0.25, 0.3) is 0 Å². The molecule has 144 valence electrons. The summed E-state index contributed by atoms with van der Waals surface area (Å²) < 4.78 is 15.9. The van der Waals surface area contributed by atoms with E-state index in [-0.39, 0.29) is 17.7 Å². The summed E-state index contributed by atoms with van der Waals surface area (Å²) in [7, 11) is 2.99. The first-order chi connectivity index (χ1) is 12.5. The van der Waals surface area contributed by atoms with Crippen molar-refractivity contribution >= 4 is 11.8 Å². The van der Waals surface area contributed by atoms with Crippen LogP contribution in [-0.2, 0) is 9.53 Å². The number of benzene rings is 1. The van der Waals surface area contributed by atoms with Crippen LogP contribution in [0.1, 0.15) is 30.6 Å². The molecule has 1 aliphatic heterocycles. The molecule has 1 saturated heterocycles. The van der Waals surface area contributed by atoms with E-state index in [9.17, 15) is 9.59 Å². The van der Waals surface area contributed by atoms with Gasteiger partial charge in [-0.05, 0) is 24.5 Å². The second kappa shape index (κ2) is 9.43. The fraction of sp³-hybridized carbons (Fsp3) is 0.579. The molecule has 1 fully saturated rings. The quantitative estimate of drug-likeness (QED) is 0.797. The molecule has 0 radical (unpaired) electrons. The molecule has 26 heavy (non-hydrogen) atoms. The zero-order valence-corrected chi connectivity index (χ0v) is 15.9. The molecule has 1 N–H and O–H groups in total. The summed E-state index contributed by atoms with van der Waals surface area (Å²) in [5, 5.41) is 2.88. The number of hydrogen-bond donors (Lipinski definition) is 1. The molecule has 2 rings (SSSR count). The highest BCUT2D eigenvalue weighted by Gasteiger charge is 2.29. The van der Waals surface area contributed by atoms with E-state index < -0.39 is 6.04 Å². The maximum absolute atomic E-state index is 12.9. The number of rotatable bonds is 7. The van der Waals surface area contributed by atoms with Gasteiger partial charge in [0, 0.05) is 13.1 Å². The van der Waals surface area contributed by atoms with Crippen molar-refractivity contribution in [2.75, 3.05) is 40.5 Å². The zero-order chi connectivity index (χ0) is 19.1. The zero-order valence-electron chi connectivity index (χ0n) is 15.9. The third-order valence-electron chi connectivity index (χ3n) is 4.29. The van der Waals surface area contributed by atoms with Gasteiger partial charge in [-0.25, -0.2) is 0 Å². The number of carbonyl (C=O) groups excluding carboxylic acids is 2. The first kappa shape index (κ1) is 20.0. The van der Waals surface area contributed by atoms with Crippen molar-refractivity contribution in [2.45, 2.75) is 26.3 Å². The molecule has 0 spiro atoms. The molecule has 1 aliphatic rings. The summed E-state index contributed by atoms with van der Waals surface area (Å²) in [6, 6.07) is 4.53. The Morgan fingerprint density at radius 3 is 2.23 bits per heavy atom. The fourth-order valence-corrected chi connectivity index (χ4v) is 3.00. The van der Waals surface area contributed by atoms with Gasteiger partial charge in [-0.1, -0.05) is 19.9 Å². The minimum Gasteiger partial charge on any atom is -0.496 e. The smallest absolute Gasteiger partial charge is 0.259 e. The average molecular weight is 364 g/mol. The van der Waals surface area contributed by atoms with Crippen LogP contribution in [0.5, 0.6) is 11.5 Å². The van der Waals surface area contributed by atoms with Crippen LogP contribution in [0.4, 0.5) is 0 Å². The summed E-state index contributed by atoms with van der Waals surface area (Å²) in [6.07, 6.45) is 0.555. The predicted molar refractivity (Wildman–Crippen MR) is 97.7 cm³/mol. The number of nitrogens with zero attached hydrogens (tertiary/aromatic N) is 1. The molecule has 0 saturated carbocycles. The lowest BCUT2D eigenvalue weighted by Gasteiger charge is -2.31. The standard InChI is InChI=1S/C19H28N2O5/c1-13(2)12-14(19(23)21-8-10-26-11-9-21)20-18(22)17-15(24-3)6-5-7-16(17)25-4/h5-7,13-14H,8-12H2,1-4H3,(H,20,22)/t14-/m1/s1. The van der Waals surface area contributed by atoms with Crippen LogP contribution >= 0.6 is 0 Å². The molecule has 0 aromatic heterocycles. The molecule has 1 aromatic carbocycles. The lowest BCUT2D eigenvalue weighted by molar-refractivity contribution is -0.137. The summed E-state index contributed by atoms with van der Waals surface area (Å²) in [6.45, 7) is 6.18. The first-order valence-electron chi connectivity index (χ1n) is 8.86. The largest absolute Gasteiger partial charge is 0.496 e. The van der Waals surface area contributed by atoms with Crippen molar-refractivity contribution in [3.8, 4) is 11.5 Å². The highest BCUT2D eigenvalue weighted by molar-refractivity contribution is 6.02. The number of hydrogen-bond acceptors (Lipinski definition) is 5. The molecule has 1 heterocycles. The van der Waals surface area contributed by atoms with E-state index in [0.29, 0.717) is 49.8 Å². The van der Waals surface area contributed by atoms with Gasteiger partial charge in [0.15, 0.2) is 0 Å². The topological polar surface area (TPSA) is 77.1 Å². The Labute approximate surface area is 154 Å². The fourth-order valence-electron chi connectivity index (χ4n) is 3.00. The van der Waals surface area contributed by atoms with Crippen LogP contribution in [0.2, 0.25) is 0 Å². The van der Waals surface area contributed by atoms with E-state index in [4.69, 9.17) is 14.2 Å². The van der Waals surface area contributed by atoms with Crippen LogP contribution in [0.15, 0.2) is 18.2 Å². The Hall–Kier alpha value is -2.28. The molecule has 7 nitrogen and oxygen atoms in total. The molecule has 1 atom stereocenters. The minimum atomic E-state index is -0.602. The maximum Gasteiger partial charge on any atom is 0.259 e. The number of methoxy groups -OCH3 is 2. The van der Waals surface area contributed by atoms with Crippen molar-refractivity contribution in [2.24, 2.45) is 5.92 Å². The van der Waals surface area contributed by atoms with Gasteiger partial charge in [-0.3, -0.25) is 9.59 Å². The first-order valence-corrected chi connectivity index (χ1v) is 8.86. The van der Waals surface area contributed by atoms with E-state index in [0.717, 1.165) is 0 Å². The summed E-state index contributed by atoms with van der Waals surface area (Å²) in [5.41, 5.74) is 0.293. The van der Waals surface area contributed by atoms with E-state index in [1.807, 2.05) is 13.8 Å². The van der Waals surface area contributed by atoms with Crippen LogP contribution in [0, 0.1) is 5.92 Å². The minimum absolute atomic E-state index is 0.0794. The molecule has 7 heteroatoms. The second-order valence-corrected chi connectivity index (χ2v) is 6.63. The molecule has 0 bridgehead atoms. The number of ether oxygens (including phenoxy) is 3. The Bertz CT molecular complexity index is 604. The van der Waals surface area contributed by atoms with Crippen molar-refractivity contribution in [3.05, 3.63) is 23.8 Å². The summed E-state index contributed by atoms with van der Waals surface area (Å²) >= 11 is 0. The Balaban J connectivity index is 2.22. The SMILES string of the molecule is COc1cccc(OC)c1C(=O)N[C@H](CC(C)C)C(=O)N1CCOCC1. The third kappa shape index (κ3) is 4.88. The van der Waals surface area contributed by atoms with E-state index >= 15 is 0 Å². The molecule has 0 unspecified atom stereocenters. The Morgan fingerprint density at radius 2 is 1.73 bits per heavy atom. The average Bonchev–Trinajstić information content (AvgIpc) is 2.66. The molecule has 2 amide bonds. The van der Waals surface area contributed by atoms with Crippen molar-refractivity contribution in [1.82, 2.24) is 10.2 Å². The molecular formula is C19H28N2O5. The van der Waals surface area contributed by atoms with Crippen LogP contribution < -0.4 is 14.8 Å². The number of amides is 2. The van der Waals surface area contributed by atoms with E-state index in [1.54, 1.807) is 23.1 Å². The van der Waals surface area contributed by atoms with Gasteiger partial charge in [0.1, 0.15) is 23.1 Å². The molecule has 1 aromatic rings. The van der Waals surface area contributed by atoms with Gasteiger partial charge in [0.05, 0.1) is 27.4 Å². The third-order valence-corrected chi connectivity index (χ3v) is 4.29. The molecular weight excluding hydrogens is 336 g/mol. The van der Waals surface area contributed by atoms with Gasteiger partial charge < -0.3 is 24.4 Å². The van der Waals surface area contributed by atoms with Crippen molar-refractivity contribution < 1.29 is 23.8 Å². The Kier molecular flexibility index (Phi) is 7.26. The van der Waals surface area contributed by atoms with E-state index in [1.165, 1.54) is 14.2 Å². The highest BCUT2D eigenvalue weighted by atomic mass is 16.5. The second-order valence-electron chi connectivity index (χ2n) is 6.63. The van der Waals surface area contributed by atoms with Crippen molar-refractivity contribution in [1.29, 1.82) is 0 Å². The number of nitrogens with one attached hydrogen (secondary N) is 1. The number of carbonyl (C=O) groups is 2. The van der Waals surface area contributed by atoms with Gasteiger partial charge in [0.2, 0.25) is 5.91 Å². The van der Waals surface area contributed by atoms with Crippen LogP contribution in [-0.4, -0.2) is 63.3 Å². The van der Waals surface area contributed by atoms with Crippen molar-refractivity contribution in [3.63, 3.8) is 0 Å². The summed E-state index contributed by atoms with van der Waals surface area (Å²) in [5.74, 6) is 0.605. The number of morpholine rings is 1. The van der Waals surface area contributed by atoms with Gasteiger partial charge in [-0.15, -0.1) is 0 Å². The van der Waals surface area contributed by atoms with Gasteiger partial charge in [-0.2, -0.15) is 0 Å². The Morgan fingerprint density at radius 1 is 1.15 bits per heavy atom. The monoisotopic (exact) mass is 364 g/mol. The lowest BCUT2D eigenvalue weighted by Crippen LogP contribution is -2.52. The highest BCUT2D eigenvalue weighted by Crippen LogP contribution is 2.28. The molecule has 0 aliphatic carbocycles.